The number of fused-ring (bicyclic) bond motifs is 3. The average molecular weight is 993 g/mol. The summed E-state index contributed by atoms with van der Waals surface area (Å²) in [5.74, 6) is 0.638. The molecule has 0 aliphatic carbocycles. The van der Waals surface area contributed by atoms with Crippen molar-refractivity contribution in [3.63, 3.8) is 0 Å². The lowest BCUT2D eigenvalue weighted by atomic mass is 9.91. The van der Waals surface area contributed by atoms with Gasteiger partial charge in [-0.05, 0) is 109 Å². The number of hydrogen-bond donors (Lipinski definition) is 0. The average Bonchev–Trinajstić information content (AvgIpc) is 3.53. The van der Waals surface area contributed by atoms with E-state index in [2.05, 4.69) is 273 Å². The fourth-order valence-corrected chi connectivity index (χ4v) is 10.7. The fraction of sp³-hybridized carbons (Fsp3) is 0. The van der Waals surface area contributed by atoms with Crippen LogP contribution in [0.5, 0.6) is 0 Å². The van der Waals surface area contributed by atoms with E-state index in [1.54, 1.807) is 0 Å². The monoisotopic (exact) mass is 992 g/mol. The molecule has 0 saturated heterocycles. The summed E-state index contributed by atoms with van der Waals surface area (Å²) >= 11 is 0. The van der Waals surface area contributed by atoms with E-state index in [0.29, 0.717) is 5.82 Å². The lowest BCUT2D eigenvalue weighted by molar-refractivity contribution is 1.23. The standard InChI is InChI=1S/C74H48N4/c1-5-17-49(18-6-1)64-45-68(53-21-7-2-8-22-53)76-71(46-64)56-33-37-58(38-34-56)74-77-72(57-35-29-52(30-36-57)65-47-69(54-23-9-3-10-24-54)75-70(48-65)55-25-11-4-12-26-55)67-44-63(61-39-31-50-19-13-15-27-59(50)41-61)43-66(73(67)78-74)62-40-32-51-20-14-16-28-60(51)42-62/h1-48H. The Balaban J connectivity index is 0.952. The lowest BCUT2D eigenvalue weighted by Gasteiger charge is -2.16. The van der Waals surface area contributed by atoms with Gasteiger partial charge >= 0.3 is 0 Å². The first-order valence-corrected chi connectivity index (χ1v) is 26.4. The summed E-state index contributed by atoms with van der Waals surface area (Å²) in [6.07, 6.45) is 0. The third-order valence-corrected chi connectivity index (χ3v) is 14.8. The Labute approximate surface area is 453 Å². The molecule has 0 saturated carbocycles. The minimum absolute atomic E-state index is 0.638. The Kier molecular flexibility index (Phi) is 11.8. The van der Waals surface area contributed by atoms with Gasteiger partial charge in [-0.1, -0.05) is 243 Å². The van der Waals surface area contributed by atoms with Gasteiger partial charge in [-0.2, -0.15) is 0 Å². The summed E-state index contributed by atoms with van der Waals surface area (Å²) in [6.45, 7) is 0. The van der Waals surface area contributed by atoms with E-state index in [0.717, 1.165) is 117 Å². The Morgan fingerprint density at radius 3 is 1.06 bits per heavy atom. The van der Waals surface area contributed by atoms with Crippen molar-refractivity contribution in [2.24, 2.45) is 0 Å². The summed E-state index contributed by atoms with van der Waals surface area (Å²) in [4.78, 5) is 21.6. The normalized spacial score (nSPS) is 11.3. The van der Waals surface area contributed by atoms with Crippen molar-refractivity contribution in [1.29, 1.82) is 0 Å². The predicted octanol–water partition coefficient (Wildman–Crippen LogP) is 19.4. The molecule has 364 valence electrons. The SMILES string of the molecule is c1ccc(-c2cc(-c3ccccc3)nc(-c3ccc(-c4nc(-c5ccc(-c6cc(-c7ccccc7)nc(-c7ccccc7)c6)cc5)c5cc(-c6ccc7ccccc7c6)cc(-c6ccc7ccccc7c6)c5n4)cc3)c2)cc1. The summed E-state index contributed by atoms with van der Waals surface area (Å²) in [6, 6.07) is 103. The number of aromatic nitrogens is 4. The van der Waals surface area contributed by atoms with Gasteiger partial charge in [-0.3, -0.25) is 0 Å². The minimum Gasteiger partial charge on any atom is -0.248 e. The second-order valence-corrected chi connectivity index (χ2v) is 19.8. The zero-order valence-corrected chi connectivity index (χ0v) is 42.5. The van der Waals surface area contributed by atoms with Gasteiger partial charge in [-0.15, -0.1) is 0 Å². The molecule has 0 unspecified atom stereocenters. The Bertz CT molecular complexity index is 4390. The number of hydrogen-bond acceptors (Lipinski definition) is 4. The topological polar surface area (TPSA) is 51.6 Å². The highest BCUT2D eigenvalue weighted by Gasteiger charge is 2.20. The van der Waals surface area contributed by atoms with Crippen LogP contribution in [0.3, 0.4) is 0 Å². The largest absolute Gasteiger partial charge is 0.248 e. The summed E-state index contributed by atoms with van der Waals surface area (Å²) in [7, 11) is 0. The first-order chi connectivity index (χ1) is 38.6. The van der Waals surface area contributed by atoms with E-state index in [1.165, 1.54) is 21.5 Å². The van der Waals surface area contributed by atoms with Crippen LogP contribution in [0.4, 0.5) is 0 Å². The zero-order valence-electron chi connectivity index (χ0n) is 42.5. The van der Waals surface area contributed by atoms with Gasteiger partial charge in [0.05, 0.1) is 34.0 Å². The van der Waals surface area contributed by atoms with Crippen LogP contribution in [0.2, 0.25) is 0 Å². The molecular formula is C74H48N4. The molecule has 4 heteroatoms. The summed E-state index contributed by atoms with van der Waals surface area (Å²) in [5, 5.41) is 5.71. The Hall–Kier alpha value is -10.4. The highest BCUT2D eigenvalue weighted by molar-refractivity contribution is 6.06. The molecule has 4 nitrogen and oxygen atoms in total. The van der Waals surface area contributed by atoms with Crippen molar-refractivity contribution in [1.82, 2.24) is 19.9 Å². The van der Waals surface area contributed by atoms with Crippen LogP contribution in [0, 0.1) is 0 Å². The van der Waals surface area contributed by atoms with E-state index in [1.807, 2.05) is 18.2 Å². The van der Waals surface area contributed by atoms with Crippen LogP contribution < -0.4 is 0 Å². The molecule has 0 aliphatic rings. The molecule has 0 atom stereocenters. The maximum absolute atomic E-state index is 5.59. The second-order valence-electron chi connectivity index (χ2n) is 19.8. The van der Waals surface area contributed by atoms with Crippen LogP contribution in [0.1, 0.15) is 0 Å². The van der Waals surface area contributed by atoms with Gasteiger partial charge < -0.3 is 0 Å². The van der Waals surface area contributed by atoms with Gasteiger partial charge in [0.1, 0.15) is 0 Å². The summed E-state index contributed by atoms with van der Waals surface area (Å²) in [5.41, 5.74) is 20.2. The van der Waals surface area contributed by atoms with E-state index >= 15 is 0 Å². The minimum atomic E-state index is 0.638. The molecule has 14 rings (SSSR count). The first kappa shape index (κ1) is 46.1. The molecule has 0 aliphatic heterocycles. The molecule has 0 fully saturated rings. The number of pyridine rings is 2. The van der Waals surface area contributed by atoms with Crippen LogP contribution in [-0.2, 0) is 0 Å². The predicted molar refractivity (Wildman–Crippen MR) is 325 cm³/mol. The highest BCUT2D eigenvalue weighted by atomic mass is 14.9. The maximum atomic E-state index is 5.59. The number of benzene rings is 11. The van der Waals surface area contributed by atoms with Crippen LogP contribution in [0.15, 0.2) is 291 Å². The van der Waals surface area contributed by atoms with Crippen LogP contribution in [-0.4, -0.2) is 19.9 Å². The van der Waals surface area contributed by atoms with E-state index in [4.69, 9.17) is 19.9 Å². The quantitative estimate of drug-likeness (QED) is 0.137. The van der Waals surface area contributed by atoms with Crippen molar-refractivity contribution in [3.8, 4) is 112 Å². The molecule has 11 aromatic carbocycles. The van der Waals surface area contributed by atoms with Crippen molar-refractivity contribution >= 4 is 32.4 Å². The number of rotatable bonds is 10. The molecule has 78 heavy (non-hydrogen) atoms. The molecule has 0 bridgehead atoms. The van der Waals surface area contributed by atoms with Crippen LogP contribution >= 0.6 is 0 Å². The molecular weight excluding hydrogens is 945 g/mol. The third kappa shape index (κ3) is 9.08. The van der Waals surface area contributed by atoms with E-state index < -0.39 is 0 Å². The summed E-state index contributed by atoms with van der Waals surface area (Å²) < 4.78 is 0. The van der Waals surface area contributed by atoms with Gasteiger partial charge in [0.25, 0.3) is 0 Å². The Morgan fingerprint density at radius 2 is 0.551 bits per heavy atom. The molecule has 0 radical (unpaired) electrons. The van der Waals surface area contributed by atoms with Crippen molar-refractivity contribution < 1.29 is 0 Å². The van der Waals surface area contributed by atoms with Gasteiger partial charge in [0.2, 0.25) is 0 Å². The Morgan fingerprint density at radius 1 is 0.192 bits per heavy atom. The zero-order chi connectivity index (χ0) is 51.8. The maximum Gasteiger partial charge on any atom is 0.160 e. The number of nitrogens with zero attached hydrogens (tertiary/aromatic N) is 4. The van der Waals surface area contributed by atoms with E-state index in [9.17, 15) is 0 Å². The fourth-order valence-electron chi connectivity index (χ4n) is 10.7. The van der Waals surface area contributed by atoms with Gasteiger partial charge in [-0.25, -0.2) is 19.9 Å². The molecule has 0 N–H and O–H groups in total. The second kappa shape index (κ2) is 20.0. The molecule has 14 aromatic rings. The lowest BCUT2D eigenvalue weighted by Crippen LogP contribution is -1.98. The van der Waals surface area contributed by atoms with Crippen LogP contribution in [0.25, 0.3) is 145 Å². The van der Waals surface area contributed by atoms with Crippen molar-refractivity contribution in [3.05, 3.63) is 291 Å². The first-order valence-electron chi connectivity index (χ1n) is 26.4. The smallest absolute Gasteiger partial charge is 0.160 e. The van der Waals surface area contributed by atoms with E-state index in [-0.39, 0.29) is 0 Å². The molecule has 3 heterocycles. The molecule has 3 aromatic heterocycles. The van der Waals surface area contributed by atoms with Gasteiger partial charge in [0, 0.05) is 44.3 Å². The van der Waals surface area contributed by atoms with Crippen molar-refractivity contribution in [2.45, 2.75) is 0 Å². The third-order valence-electron chi connectivity index (χ3n) is 14.8. The molecule has 0 spiro atoms. The van der Waals surface area contributed by atoms with Crippen molar-refractivity contribution in [2.75, 3.05) is 0 Å². The molecule has 0 amide bonds. The van der Waals surface area contributed by atoms with Gasteiger partial charge in [0.15, 0.2) is 5.82 Å². The highest BCUT2D eigenvalue weighted by Crippen LogP contribution is 2.41.